The van der Waals surface area contributed by atoms with E-state index < -0.39 is 4.92 Å². The van der Waals surface area contributed by atoms with Gasteiger partial charge in [0.15, 0.2) is 11.5 Å². The molecule has 0 radical (unpaired) electrons. The molecule has 0 N–H and O–H groups in total. The van der Waals surface area contributed by atoms with E-state index in [2.05, 4.69) is 26.0 Å². The summed E-state index contributed by atoms with van der Waals surface area (Å²) in [5.41, 5.74) is 0.701. The van der Waals surface area contributed by atoms with Gasteiger partial charge in [-0.05, 0) is 49.2 Å². The highest BCUT2D eigenvalue weighted by Crippen LogP contribution is 2.39. The Labute approximate surface area is 231 Å². The van der Waals surface area contributed by atoms with Gasteiger partial charge in [-0.1, -0.05) is 41.4 Å². The average molecular weight is 601 g/mol. The third kappa shape index (κ3) is 5.84. The van der Waals surface area contributed by atoms with E-state index in [-0.39, 0.29) is 33.8 Å². The molecule has 0 aliphatic heterocycles. The number of fused-ring (bicyclic) bond motifs is 1. The Kier molecular flexibility index (Phi) is 8.38. The van der Waals surface area contributed by atoms with Crippen molar-refractivity contribution in [2.75, 3.05) is 6.61 Å². The Morgan fingerprint density at radius 2 is 2.03 bits per heavy atom. The summed E-state index contributed by atoms with van der Waals surface area (Å²) in [7, 11) is 0. The molecule has 0 saturated heterocycles. The standard InChI is InChI=1S/C26H23BrClN5O5/c1-4-15(3)25-31-21-8-6-17(27)12-19(21)26(34)32(25)30-13-16-10-20(28)24(22(11-16)37-5-2)38-23-9-7-18(14-29-23)33(35)36/h6-15H,4-5H2,1-3H3/t15-/m0/s1. The molecule has 4 aromatic rings. The predicted molar refractivity (Wildman–Crippen MR) is 149 cm³/mol. The van der Waals surface area contributed by atoms with Crippen LogP contribution in [0.4, 0.5) is 5.69 Å². The van der Waals surface area contributed by atoms with Crippen LogP contribution < -0.4 is 15.0 Å². The molecule has 2 aromatic heterocycles. The van der Waals surface area contributed by atoms with Gasteiger partial charge >= 0.3 is 0 Å². The highest BCUT2D eigenvalue weighted by atomic mass is 79.9. The van der Waals surface area contributed by atoms with Crippen LogP contribution in [0, 0.1) is 10.1 Å². The summed E-state index contributed by atoms with van der Waals surface area (Å²) in [4.78, 5) is 32.4. The lowest BCUT2D eigenvalue weighted by atomic mass is 10.1. The Bertz CT molecular complexity index is 1590. The summed E-state index contributed by atoms with van der Waals surface area (Å²) in [5, 5.41) is 16.0. The molecule has 2 aromatic carbocycles. The van der Waals surface area contributed by atoms with E-state index in [1.165, 1.54) is 23.0 Å². The van der Waals surface area contributed by atoms with Crippen molar-refractivity contribution in [2.24, 2.45) is 5.10 Å². The number of ether oxygens (including phenoxy) is 2. The first kappa shape index (κ1) is 27.2. The Morgan fingerprint density at radius 3 is 2.68 bits per heavy atom. The molecular formula is C26H23BrClN5O5. The molecule has 12 heteroatoms. The number of pyridine rings is 1. The van der Waals surface area contributed by atoms with Crippen LogP contribution in [0.5, 0.6) is 17.4 Å². The molecule has 0 unspecified atom stereocenters. The smallest absolute Gasteiger partial charge is 0.287 e. The molecule has 1 atom stereocenters. The molecular weight excluding hydrogens is 578 g/mol. The van der Waals surface area contributed by atoms with E-state index in [4.69, 9.17) is 26.1 Å². The minimum atomic E-state index is -0.550. The number of halogens is 2. The summed E-state index contributed by atoms with van der Waals surface area (Å²) in [6.45, 7) is 6.13. The van der Waals surface area contributed by atoms with Gasteiger partial charge in [-0.3, -0.25) is 14.9 Å². The molecule has 0 fully saturated rings. The summed E-state index contributed by atoms with van der Waals surface area (Å²) in [5.74, 6) is 1.15. The Hall–Kier alpha value is -3.83. The van der Waals surface area contributed by atoms with Gasteiger partial charge in [-0.2, -0.15) is 9.78 Å². The zero-order chi connectivity index (χ0) is 27.4. The van der Waals surface area contributed by atoms with E-state index in [1.54, 1.807) is 31.2 Å². The third-order valence-electron chi connectivity index (χ3n) is 5.68. The molecule has 2 heterocycles. The topological polar surface area (TPSA) is 122 Å². The maximum atomic E-state index is 13.4. The number of rotatable bonds is 9. The minimum Gasteiger partial charge on any atom is -0.490 e. The van der Waals surface area contributed by atoms with Gasteiger partial charge in [-0.25, -0.2) is 9.97 Å². The van der Waals surface area contributed by atoms with E-state index >= 15 is 0 Å². The minimum absolute atomic E-state index is 0.0135. The van der Waals surface area contributed by atoms with Gasteiger partial charge in [0.1, 0.15) is 12.0 Å². The van der Waals surface area contributed by atoms with Crippen LogP contribution >= 0.6 is 27.5 Å². The Morgan fingerprint density at radius 1 is 1.24 bits per heavy atom. The molecule has 0 spiro atoms. The van der Waals surface area contributed by atoms with Gasteiger partial charge in [0.05, 0.1) is 33.7 Å². The molecule has 10 nitrogen and oxygen atoms in total. The third-order valence-corrected chi connectivity index (χ3v) is 6.45. The number of benzene rings is 2. The first-order valence-corrected chi connectivity index (χ1v) is 12.9. The van der Waals surface area contributed by atoms with E-state index in [0.29, 0.717) is 34.6 Å². The lowest BCUT2D eigenvalue weighted by Gasteiger charge is -2.15. The van der Waals surface area contributed by atoms with Crippen LogP contribution in [0.25, 0.3) is 10.9 Å². The molecule has 4 rings (SSSR count). The van der Waals surface area contributed by atoms with Gasteiger partial charge < -0.3 is 9.47 Å². The van der Waals surface area contributed by atoms with Gasteiger partial charge in [0, 0.05) is 22.5 Å². The van der Waals surface area contributed by atoms with Crippen molar-refractivity contribution in [2.45, 2.75) is 33.1 Å². The summed E-state index contributed by atoms with van der Waals surface area (Å²) in [6.07, 6.45) is 3.36. The highest BCUT2D eigenvalue weighted by molar-refractivity contribution is 9.10. The SMILES string of the molecule is CCOc1cc(C=Nn2c([C@@H](C)CC)nc3ccc(Br)cc3c2=O)cc(Cl)c1Oc1ccc([N+](=O)[O-])cn1. The Balaban J connectivity index is 1.74. The van der Waals surface area contributed by atoms with Crippen molar-refractivity contribution in [3.63, 3.8) is 0 Å². The summed E-state index contributed by atoms with van der Waals surface area (Å²) >= 11 is 9.94. The van der Waals surface area contributed by atoms with Crippen molar-refractivity contribution in [1.82, 2.24) is 14.6 Å². The molecule has 38 heavy (non-hydrogen) atoms. The fourth-order valence-corrected chi connectivity index (χ4v) is 4.19. The number of nitrogens with zero attached hydrogens (tertiary/aromatic N) is 5. The summed E-state index contributed by atoms with van der Waals surface area (Å²) in [6, 6.07) is 11.3. The maximum absolute atomic E-state index is 13.4. The van der Waals surface area contributed by atoms with Gasteiger partial charge in [-0.15, -0.1) is 0 Å². The van der Waals surface area contributed by atoms with Gasteiger partial charge in [0.25, 0.3) is 11.2 Å². The molecule has 0 amide bonds. The predicted octanol–water partition coefficient (Wildman–Crippen LogP) is 6.70. The zero-order valence-electron chi connectivity index (χ0n) is 20.7. The van der Waals surface area contributed by atoms with Crippen molar-refractivity contribution in [1.29, 1.82) is 0 Å². The molecule has 196 valence electrons. The van der Waals surface area contributed by atoms with Crippen molar-refractivity contribution >= 4 is 50.3 Å². The van der Waals surface area contributed by atoms with E-state index in [1.807, 2.05) is 19.9 Å². The van der Waals surface area contributed by atoms with E-state index in [0.717, 1.165) is 17.1 Å². The lowest BCUT2D eigenvalue weighted by molar-refractivity contribution is -0.385. The van der Waals surface area contributed by atoms with Crippen molar-refractivity contribution in [3.05, 3.63) is 90.0 Å². The van der Waals surface area contributed by atoms with Crippen molar-refractivity contribution < 1.29 is 14.4 Å². The lowest BCUT2D eigenvalue weighted by Crippen LogP contribution is -2.23. The van der Waals surface area contributed by atoms with E-state index in [9.17, 15) is 14.9 Å². The van der Waals surface area contributed by atoms with Crippen LogP contribution in [0.15, 0.2) is 63.0 Å². The normalized spacial score (nSPS) is 12.1. The molecule has 0 saturated carbocycles. The van der Waals surface area contributed by atoms with Crippen molar-refractivity contribution in [3.8, 4) is 17.4 Å². The number of nitro groups is 1. The largest absolute Gasteiger partial charge is 0.490 e. The fourth-order valence-electron chi connectivity index (χ4n) is 3.57. The second-order valence-electron chi connectivity index (χ2n) is 8.28. The van der Waals surface area contributed by atoms with Crippen LogP contribution in [0.1, 0.15) is 44.5 Å². The van der Waals surface area contributed by atoms with Gasteiger partial charge in [0.2, 0.25) is 5.88 Å². The number of hydrogen-bond acceptors (Lipinski definition) is 8. The second kappa shape index (κ2) is 11.7. The highest BCUT2D eigenvalue weighted by Gasteiger charge is 2.17. The zero-order valence-corrected chi connectivity index (χ0v) is 23.1. The van der Waals surface area contributed by atoms with Crippen LogP contribution in [0.2, 0.25) is 5.02 Å². The number of aromatic nitrogens is 3. The second-order valence-corrected chi connectivity index (χ2v) is 9.60. The quantitative estimate of drug-likeness (QED) is 0.119. The fraction of sp³-hybridized carbons (Fsp3) is 0.231. The first-order chi connectivity index (χ1) is 18.2. The average Bonchev–Trinajstić information content (AvgIpc) is 2.90. The molecule has 0 aliphatic carbocycles. The summed E-state index contributed by atoms with van der Waals surface area (Å²) < 4.78 is 13.6. The first-order valence-electron chi connectivity index (χ1n) is 11.7. The maximum Gasteiger partial charge on any atom is 0.287 e. The molecule has 0 aliphatic rings. The van der Waals surface area contributed by atoms with Crippen LogP contribution in [0.3, 0.4) is 0 Å². The monoisotopic (exact) mass is 599 g/mol. The van der Waals surface area contributed by atoms with Crippen LogP contribution in [-0.2, 0) is 0 Å². The van der Waals surface area contributed by atoms with Crippen LogP contribution in [-0.4, -0.2) is 32.4 Å². The molecule has 0 bridgehead atoms. The number of hydrogen-bond donors (Lipinski definition) is 0.